The summed E-state index contributed by atoms with van der Waals surface area (Å²) in [7, 11) is 1.45. The summed E-state index contributed by atoms with van der Waals surface area (Å²) in [5, 5.41) is 19.9. The summed E-state index contributed by atoms with van der Waals surface area (Å²) in [6.07, 6.45) is 0. The lowest BCUT2D eigenvalue weighted by Gasteiger charge is -2.29. The highest BCUT2D eigenvalue weighted by Gasteiger charge is 2.52. The van der Waals surface area contributed by atoms with E-state index in [0.717, 1.165) is 11.8 Å². The second-order valence-corrected chi connectivity index (χ2v) is 7.39. The summed E-state index contributed by atoms with van der Waals surface area (Å²) >= 11 is 1.17. The molecule has 0 radical (unpaired) electrons. The van der Waals surface area contributed by atoms with Crippen LogP contribution < -0.4 is 5.32 Å². The van der Waals surface area contributed by atoms with Crippen LogP contribution in [0.25, 0.3) is 5.57 Å². The summed E-state index contributed by atoms with van der Waals surface area (Å²) in [6.45, 7) is 4.84. The molecule has 2 heterocycles. The first kappa shape index (κ1) is 18.7. The lowest BCUT2D eigenvalue weighted by atomic mass is 9.81. The number of likely N-dealkylation sites (N-methyl/N-ethyl adjacent to an activating group) is 1. The maximum absolute atomic E-state index is 13.6. The Morgan fingerprint density at radius 2 is 1.96 bits per heavy atom. The summed E-state index contributed by atoms with van der Waals surface area (Å²) < 4.78 is 27.1. The number of nitrogens with zero attached hydrogens (tertiary/aromatic N) is 2. The van der Waals surface area contributed by atoms with Gasteiger partial charge in [0, 0.05) is 30.0 Å². The molecule has 138 valence electrons. The quantitative estimate of drug-likeness (QED) is 0.842. The van der Waals surface area contributed by atoms with E-state index in [1.54, 1.807) is 12.1 Å². The Bertz CT molecular complexity index is 984. The lowest BCUT2D eigenvalue weighted by Crippen LogP contribution is -2.44. The molecule has 2 aromatic rings. The van der Waals surface area contributed by atoms with Crippen molar-refractivity contribution in [2.75, 3.05) is 7.05 Å². The molecule has 1 aromatic carbocycles. The predicted molar refractivity (Wildman–Crippen MR) is 99.4 cm³/mol. The molecule has 1 fully saturated rings. The van der Waals surface area contributed by atoms with Crippen molar-refractivity contribution in [3.63, 3.8) is 0 Å². The van der Waals surface area contributed by atoms with E-state index in [0.29, 0.717) is 20.9 Å². The number of thiophene rings is 1. The molecule has 0 spiro atoms. The van der Waals surface area contributed by atoms with Crippen LogP contribution in [-0.4, -0.2) is 23.8 Å². The van der Waals surface area contributed by atoms with Gasteiger partial charge >= 0.3 is 0 Å². The molecule has 1 saturated heterocycles. The van der Waals surface area contributed by atoms with E-state index in [9.17, 15) is 13.6 Å². The molecular weight excluding hydrogens is 370 g/mol. The van der Waals surface area contributed by atoms with Gasteiger partial charge in [-0.25, -0.2) is 8.78 Å². The van der Waals surface area contributed by atoms with Gasteiger partial charge in [-0.05, 0) is 17.7 Å². The molecular formula is C19H16F2N4OS. The Hall–Kier alpha value is -3.05. The highest BCUT2D eigenvalue weighted by Crippen LogP contribution is 2.42. The SMILES string of the molecule is C=C(c1ccc(C#N)s1)C1(c2ccc(C(C)(F)F)cc2)NC(=N)N(C)C1=O. The molecule has 0 bridgehead atoms. The van der Waals surface area contributed by atoms with E-state index >= 15 is 0 Å². The number of nitriles is 1. The zero-order chi connectivity index (χ0) is 20.0. The molecule has 1 aliphatic heterocycles. The minimum absolute atomic E-state index is 0.122. The van der Waals surface area contributed by atoms with Crippen LogP contribution in [0.15, 0.2) is 43.0 Å². The Kier molecular flexibility index (Phi) is 4.36. The monoisotopic (exact) mass is 386 g/mol. The summed E-state index contributed by atoms with van der Waals surface area (Å²) in [5.74, 6) is -3.57. The normalized spacial score (nSPS) is 19.7. The minimum atomic E-state index is -3.01. The van der Waals surface area contributed by atoms with Crippen LogP contribution in [-0.2, 0) is 16.3 Å². The van der Waals surface area contributed by atoms with Gasteiger partial charge < -0.3 is 5.32 Å². The van der Waals surface area contributed by atoms with Gasteiger partial charge in [-0.1, -0.05) is 30.8 Å². The summed E-state index contributed by atoms with van der Waals surface area (Å²) in [6, 6.07) is 10.7. The van der Waals surface area contributed by atoms with Crippen molar-refractivity contribution in [3.8, 4) is 6.07 Å². The van der Waals surface area contributed by atoms with Crippen LogP contribution in [0.5, 0.6) is 0 Å². The first-order valence-electron chi connectivity index (χ1n) is 7.94. The number of nitrogens with one attached hydrogen (secondary N) is 2. The molecule has 5 nitrogen and oxygen atoms in total. The van der Waals surface area contributed by atoms with E-state index in [-0.39, 0.29) is 11.5 Å². The van der Waals surface area contributed by atoms with Gasteiger partial charge in [0.25, 0.3) is 11.8 Å². The molecule has 0 aliphatic carbocycles. The summed E-state index contributed by atoms with van der Waals surface area (Å²) in [5.41, 5.74) is -0.926. The number of rotatable bonds is 4. The third-order valence-corrected chi connectivity index (χ3v) is 5.61. The number of alkyl halides is 2. The second-order valence-electron chi connectivity index (χ2n) is 6.31. The van der Waals surface area contributed by atoms with Crippen LogP contribution in [0, 0.1) is 16.7 Å². The van der Waals surface area contributed by atoms with Gasteiger partial charge in [0.1, 0.15) is 10.9 Å². The number of benzene rings is 1. The average molecular weight is 386 g/mol. The fourth-order valence-electron chi connectivity index (χ4n) is 3.00. The molecule has 8 heteroatoms. The van der Waals surface area contributed by atoms with Crippen molar-refractivity contribution < 1.29 is 13.6 Å². The van der Waals surface area contributed by atoms with E-state index in [1.165, 1.54) is 42.6 Å². The topological polar surface area (TPSA) is 80.0 Å². The van der Waals surface area contributed by atoms with Gasteiger partial charge in [-0.3, -0.25) is 15.1 Å². The number of carbonyl (C=O) groups excluding carboxylic acids is 1. The van der Waals surface area contributed by atoms with Crippen molar-refractivity contribution in [3.05, 3.63) is 63.9 Å². The lowest BCUT2D eigenvalue weighted by molar-refractivity contribution is -0.128. The molecule has 1 atom stereocenters. The van der Waals surface area contributed by atoms with Crippen molar-refractivity contribution in [2.45, 2.75) is 18.4 Å². The van der Waals surface area contributed by atoms with E-state index in [4.69, 9.17) is 10.7 Å². The van der Waals surface area contributed by atoms with Crippen LogP contribution in [0.2, 0.25) is 0 Å². The molecule has 1 amide bonds. The number of hydrogen-bond acceptors (Lipinski definition) is 4. The van der Waals surface area contributed by atoms with Gasteiger partial charge in [0.2, 0.25) is 0 Å². The fraction of sp³-hybridized carbons (Fsp3) is 0.211. The number of hydrogen-bond donors (Lipinski definition) is 2. The van der Waals surface area contributed by atoms with E-state index < -0.39 is 17.4 Å². The van der Waals surface area contributed by atoms with Gasteiger partial charge in [0.15, 0.2) is 11.5 Å². The number of guanidine groups is 1. The Labute approximate surface area is 159 Å². The first-order chi connectivity index (χ1) is 12.6. The van der Waals surface area contributed by atoms with Gasteiger partial charge in [-0.2, -0.15) is 5.26 Å². The first-order valence-corrected chi connectivity index (χ1v) is 8.76. The molecule has 1 unspecified atom stereocenters. The zero-order valence-electron chi connectivity index (χ0n) is 14.6. The maximum atomic E-state index is 13.6. The fourth-order valence-corrected chi connectivity index (χ4v) is 3.83. The Morgan fingerprint density at radius 1 is 1.33 bits per heavy atom. The highest BCUT2D eigenvalue weighted by molar-refractivity contribution is 7.13. The largest absolute Gasteiger partial charge is 0.334 e. The van der Waals surface area contributed by atoms with E-state index in [2.05, 4.69) is 11.9 Å². The van der Waals surface area contributed by atoms with Crippen molar-refractivity contribution in [1.29, 1.82) is 10.7 Å². The number of amides is 1. The Balaban J connectivity index is 2.15. The zero-order valence-corrected chi connectivity index (χ0v) is 15.5. The molecule has 27 heavy (non-hydrogen) atoms. The third kappa shape index (κ3) is 2.90. The average Bonchev–Trinajstić information content (AvgIpc) is 3.20. The molecule has 1 aliphatic rings. The predicted octanol–water partition coefficient (Wildman–Crippen LogP) is 3.64. The van der Waals surface area contributed by atoms with Crippen molar-refractivity contribution in [1.82, 2.24) is 10.2 Å². The van der Waals surface area contributed by atoms with Gasteiger partial charge in [0.05, 0.1) is 0 Å². The standard InChI is InChI=1S/C19H16F2N4OS/c1-11(15-9-8-14(10-22)27-15)19(16(26)25(3)17(23)24-19)13-6-4-12(5-7-13)18(2,20)21/h4-9H,1H2,2-3H3,(H2,23,24). The maximum Gasteiger partial charge on any atom is 0.270 e. The smallest absolute Gasteiger partial charge is 0.270 e. The van der Waals surface area contributed by atoms with Crippen LogP contribution in [0.3, 0.4) is 0 Å². The van der Waals surface area contributed by atoms with Gasteiger partial charge in [-0.15, -0.1) is 11.3 Å². The van der Waals surface area contributed by atoms with Crippen molar-refractivity contribution in [2.24, 2.45) is 0 Å². The third-order valence-electron chi connectivity index (χ3n) is 4.56. The van der Waals surface area contributed by atoms with Crippen LogP contribution in [0.1, 0.15) is 27.8 Å². The minimum Gasteiger partial charge on any atom is -0.334 e. The number of carbonyl (C=O) groups is 1. The van der Waals surface area contributed by atoms with Crippen molar-refractivity contribution >= 4 is 28.8 Å². The molecule has 3 rings (SSSR count). The summed E-state index contributed by atoms with van der Waals surface area (Å²) in [4.78, 5) is 15.3. The number of halogens is 2. The molecule has 2 N–H and O–H groups in total. The molecule has 1 aromatic heterocycles. The Morgan fingerprint density at radius 3 is 2.41 bits per heavy atom. The van der Waals surface area contributed by atoms with Crippen LogP contribution >= 0.6 is 11.3 Å². The van der Waals surface area contributed by atoms with E-state index in [1.807, 2.05) is 6.07 Å². The molecule has 0 saturated carbocycles. The highest BCUT2D eigenvalue weighted by atomic mass is 32.1. The second kappa shape index (κ2) is 6.28. The van der Waals surface area contributed by atoms with Crippen LogP contribution in [0.4, 0.5) is 8.78 Å².